The van der Waals surface area contributed by atoms with Crippen molar-refractivity contribution in [3.05, 3.63) is 60.4 Å². The highest BCUT2D eigenvalue weighted by atomic mass is 32.2. The maximum absolute atomic E-state index is 13.0. The number of carbonyl (C=O) groups excluding carboxylic acids is 1. The van der Waals surface area contributed by atoms with Crippen molar-refractivity contribution >= 4 is 17.7 Å². The number of thioether (sulfide) groups is 1. The van der Waals surface area contributed by atoms with Crippen molar-refractivity contribution < 1.29 is 14.3 Å². The minimum atomic E-state index is 0.114. The van der Waals surface area contributed by atoms with E-state index in [0.717, 1.165) is 42.1 Å². The second kappa shape index (κ2) is 9.21. The van der Waals surface area contributed by atoms with Crippen LogP contribution in [0, 0.1) is 0 Å². The maximum atomic E-state index is 13.0. The number of nitrogens with zero attached hydrogens (tertiary/aromatic N) is 4. The Morgan fingerprint density at radius 3 is 2.40 bits per heavy atom. The third-order valence-electron chi connectivity index (χ3n) is 5.27. The fourth-order valence-corrected chi connectivity index (χ4v) is 4.50. The van der Waals surface area contributed by atoms with Gasteiger partial charge in [0, 0.05) is 12.2 Å². The Kier molecular flexibility index (Phi) is 6.23. The molecule has 1 aliphatic rings. The lowest BCUT2D eigenvalue weighted by molar-refractivity contribution is -0.129. The van der Waals surface area contributed by atoms with E-state index in [1.165, 1.54) is 11.8 Å². The van der Waals surface area contributed by atoms with E-state index in [1.54, 1.807) is 20.5 Å². The van der Waals surface area contributed by atoms with E-state index in [4.69, 9.17) is 9.47 Å². The second-order valence-electron chi connectivity index (χ2n) is 6.99. The summed E-state index contributed by atoms with van der Waals surface area (Å²) in [5.41, 5.74) is 2.07. The molecule has 1 saturated heterocycles. The highest BCUT2D eigenvalue weighted by Gasteiger charge is 2.30. The quantitative estimate of drug-likeness (QED) is 0.538. The van der Waals surface area contributed by atoms with Crippen LogP contribution in [0.1, 0.15) is 24.4 Å². The summed E-state index contributed by atoms with van der Waals surface area (Å²) in [6, 6.07) is 15.7. The van der Waals surface area contributed by atoms with Gasteiger partial charge in [0.15, 0.2) is 5.16 Å². The van der Waals surface area contributed by atoms with Gasteiger partial charge < -0.3 is 14.4 Å². The van der Waals surface area contributed by atoms with Crippen LogP contribution in [0.25, 0.3) is 5.69 Å². The van der Waals surface area contributed by atoms with Gasteiger partial charge in [-0.3, -0.25) is 9.36 Å². The van der Waals surface area contributed by atoms with Gasteiger partial charge in [0.2, 0.25) is 5.91 Å². The van der Waals surface area contributed by atoms with Gasteiger partial charge in [-0.1, -0.05) is 23.9 Å². The number of carbonyl (C=O) groups is 1. The minimum absolute atomic E-state index is 0.114. The number of rotatable bonds is 7. The molecule has 0 bridgehead atoms. The standard InChI is InChI=1S/C22H24N4O3S/c1-28-18-9-5-16(6-10-18)20-4-3-13-25(20)21(27)14-30-22-24-23-15-26(22)17-7-11-19(29-2)12-8-17/h5-12,15,20H,3-4,13-14H2,1-2H3/t20-/m0/s1. The van der Waals surface area contributed by atoms with E-state index in [0.29, 0.717) is 10.9 Å². The Morgan fingerprint density at radius 1 is 1.07 bits per heavy atom. The smallest absolute Gasteiger partial charge is 0.233 e. The molecule has 0 radical (unpaired) electrons. The molecule has 0 spiro atoms. The molecule has 8 heteroatoms. The lowest BCUT2D eigenvalue weighted by Gasteiger charge is -2.25. The molecule has 1 fully saturated rings. The molecule has 0 unspecified atom stereocenters. The topological polar surface area (TPSA) is 69.5 Å². The van der Waals surface area contributed by atoms with Gasteiger partial charge in [-0.05, 0) is 54.8 Å². The summed E-state index contributed by atoms with van der Waals surface area (Å²) in [4.78, 5) is 15.0. The van der Waals surface area contributed by atoms with Crippen LogP contribution < -0.4 is 9.47 Å². The molecule has 3 aromatic rings. The number of benzene rings is 2. The lowest BCUT2D eigenvalue weighted by Crippen LogP contribution is -2.32. The molecule has 156 valence electrons. The summed E-state index contributed by atoms with van der Waals surface area (Å²) in [7, 11) is 3.29. The Bertz CT molecular complexity index is 988. The second-order valence-corrected chi connectivity index (χ2v) is 7.93. The van der Waals surface area contributed by atoms with Crippen LogP contribution in [0.3, 0.4) is 0 Å². The van der Waals surface area contributed by atoms with Crippen molar-refractivity contribution in [1.82, 2.24) is 19.7 Å². The van der Waals surface area contributed by atoms with Crippen molar-refractivity contribution in [1.29, 1.82) is 0 Å². The summed E-state index contributed by atoms with van der Waals surface area (Å²) >= 11 is 1.40. The van der Waals surface area contributed by atoms with Crippen LogP contribution in [0.5, 0.6) is 11.5 Å². The molecule has 0 aliphatic carbocycles. The molecular formula is C22H24N4O3S. The van der Waals surface area contributed by atoms with E-state index in [9.17, 15) is 4.79 Å². The van der Waals surface area contributed by atoms with Crippen molar-refractivity contribution in [2.75, 3.05) is 26.5 Å². The summed E-state index contributed by atoms with van der Waals surface area (Å²) in [6.45, 7) is 0.779. The molecule has 2 aromatic carbocycles. The van der Waals surface area contributed by atoms with Gasteiger partial charge >= 0.3 is 0 Å². The average molecular weight is 425 g/mol. The first kappa shape index (κ1) is 20.3. The summed E-state index contributed by atoms with van der Waals surface area (Å²) in [5.74, 6) is 2.04. The van der Waals surface area contributed by atoms with Crippen molar-refractivity contribution in [3.63, 3.8) is 0 Å². The monoisotopic (exact) mass is 424 g/mol. The highest BCUT2D eigenvalue weighted by molar-refractivity contribution is 7.99. The van der Waals surface area contributed by atoms with Gasteiger partial charge in [-0.2, -0.15) is 0 Å². The van der Waals surface area contributed by atoms with Crippen LogP contribution >= 0.6 is 11.8 Å². The Morgan fingerprint density at radius 2 is 1.73 bits per heavy atom. The van der Waals surface area contributed by atoms with Crippen molar-refractivity contribution in [3.8, 4) is 17.2 Å². The Labute approximate surface area is 180 Å². The molecule has 0 saturated carbocycles. The predicted octanol–water partition coefficient (Wildman–Crippen LogP) is 3.74. The Balaban J connectivity index is 1.42. The maximum Gasteiger partial charge on any atom is 0.233 e. The van der Waals surface area contributed by atoms with E-state index < -0.39 is 0 Å². The van der Waals surface area contributed by atoms with E-state index in [2.05, 4.69) is 10.2 Å². The first-order valence-electron chi connectivity index (χ1n) is 9.80. The zero-order chi connectivity index (χ0) is 20.9. The zero-order valence-electron chi connectivity index (χ0n) is 17.0. The van der Waals surface area contributed by atoms with Crippen LogP contribution in [0.4, 0.5) is 0 Å². The van der Waals surface area contributed by atoms with Crippen molar-refractivity contribution in [2.24, 2.45) is 0 Å². The fraction of sp³-hybridized carbons (Fsp3) is 0.318. The van der Waals surface area contributed by atoms with Gasteiger partial charge in [0.05, 0.1) is 26.0 Å². The minimum Gasteiger partial charge on any atom is -0.497 e. The zero-order valence-corrected chi connectivity index (χ0v) is 17.8. The number of amides is 1. The molecular weight excluding hydrogens is 400 g/mol. The molecule has 1 aliphatic heterocycles. The molecule has 1 atom stereocenters. The lowest BCUT2D eigenvalue weighted by atomic mass is 10.0. The molecule has 1 amide bonds. The van der Waals surface area contributed by atoms with Gasteiger partial charge in [0.25, 0.3) is 0 Å². The van der Waals surface area contributed by atoms with Crippen LogP contribution in [-0.4, -0.2) is 52.1 Å². The van der Waals surface area contributed by atoms with Gasteiger partial charge in [0.1, 0.15) is 17.8 Å². The van der Waals surface area contributed by atoms with Crippen molar-refractivity contribution in [2.45, 2.75) is 24.0 Å². The molecule has 1 aromatic heterocycles. The van der Waals surface area contributed by atoms with Crippen LogP contribution in [-0.2, 0) is 4.79 Å². The predicted molar refractivity (Wildman–Crippen MR) is 115 cm³/mol. The molecule has 7 nitrogen and oxygen atoms in total. The summed E-state index contributed by atoms with van der Waals surface area (Å²) in [5, 5.41) is 8.90. The number of hydrogen-bond donors (Lipinski definition) is 0. The van der Waals surface area contributed by atoms with Crippen LogP contribution in [0.2, 0.25) is 0 Å². The molecule has 0 N–H and O–H groups in total. The molecule has 4 rings (SSSR count). The third kappa shape index (κ3) is 4.28. The summed E-state index contributed by atoms with van der Waals surface area (Å²) in [6.07, 6.45) is 3.64. The van der Waals surface area contributed by atoms with Gasteiger partial charge in [-0.25, -0.2) is 0 Å². The number of methoxy groups -OCH3 is 2. The van der Waals surface area contributed by atoms with E-state index in [-0.39, 0.29) is 11.9 Å². The number of aromatic nitrogens is 3. The largest absolute Gasteiger partial charge is 0.497 e. The van der Waals surface area contributed by atoms with Gasteiger partial charge in [-0.15, -0.1) is 10.2 Å². The SMILES string of the molecule is COc1ccc([C@@H]2CCCN2C(=O)CSc2nncn2-c2ccc(OC)cc2)cc1. The first-order valence-corrected chi connectivity index (χ1v) is 10.8. The average Bonchev–Trinajstić information content (AvgIpc) is 3.47. The molecule has 30 heavy (non-hydrogen) atoms. The van der Waals surface area contributed by atoms with E-state index >= 15 is 0 Å². The normalized spacial score (nSPS) is 15.9. The van der Waals surface area contributed by atoms with E-state index in [1.807, 2.05) is 58.0 Å². The fourth-order valence-electron chi connectivity index (χ4n) is 3.69. The number of likely N-dealkylation sites (tertiary alicyclic amines) is 1. The molecule has 2 heterocycles. The van der Waals surface area contributed by atoms with Crippen LogP contribution in [0.15, 0.2) is 60.0 Å². The first-order chi connectivity index (χ1) is 14.7. The highest BCUT2D eigenvalue weighted by Crippen LogP contribution is 2.33. The number of hydrogen-bond acceptors (Lipinski definition) is 6. The summed E-state index contributed by atoms with van der Waals surface area (Å²) < 4.78 is 12.3. The number of ether oxygens (including phenoxy) is 2. The third-order valence-corrected chi connectivity index (χ3v) is 6.19. The Hall–Kier alpha value is -3.00.